The monoisotopic (exact) mass is 381 g/mol. The number of oxazole rings is 1. The second-order valence-corrected chi connectivity index (χ2v) is 7.63. The summed E-state index contributed by atoms with van der Waals surface area (Å²) < 4.78 is 5.53. The van der Waals surface area contributed by atoms with Gasteiger partial charge in [0.2, 0.25) is 5.91 Å². The van der Waals surface area contributed by atoms with E-state index in [9.17, 15) is 9.59 Å². The first-order valence-corrected chi connectivity index (χ1v) is 9.67. The molecule has 3 amide bonds. The molecule has 0 aliphatic heterocycles. The molecule has 0 spiro atoms. The molecule has 3 rings (SSSR count). The predicted molar refractivity (Wildman–Crippen MR) is 97.8 cm³/mol. The summed E-state index contributed by atoms with van der Waals surface area (Å²) in [6, 6.07) is 4.84. The molecule has 2 aromatic rings. The van der Waals surface area contributed by atoms with Crippen LogP contribution in [0.5, 0.6) is 0 Å². The first-order chi connectivity index (χ1) is 12.0. The Bertz CT molecular complexity index is 780. The van der Waals surface area contributed by atoms with Crippen LogP contribution >= 0.6 is 23.4 Å². The van der Waals surface area contributed by atoms with Gasteiger partial charge in [-0.3, -0.25) is 10.1 Å². The molecule has 1 aliphatic carbocycles. The third-order valence-corrected chi connectivity index (χ3v) is 5.40. The van der Waals surface area contributed by atoms with Gasteiger partial charge in [0.25, 0.3) is 5.22 Å². The molecule has 6 nitrogen and oxygen atoms in total. The number of carbonyl (C=O) groups excluding carboxylic acids is 2. The highest BCUT2D eigenvalue weighted by atomic mass is 35.5. The summed E-state index contributed by atoms with van der Waals surface area (Å²) in [7, 11) is 0. The Hall–Kier alpha value is -1.73. The van der Waals surface area contributed by atoms with E-state index in [1.807, 2.05) is 0 Å². The van der Waals surface area contributed by atoms with Crippen molar-refractivity contribution in [3.63, 3.8) is 0 Å². The van der Waals surface area contributed by atoms with Crippen LogP contribution in [0.4, 0.5) is 4.79 Å². The highest BCUT2D eigenvalue weighted by Crippen LogP contribution is 2.25. The lowest BCUT2D eigenvalue weighted by Crippen LogP contribution is -2.48. The quantitative estimate of drug-likeness (QED) is 0.782. The molecule has 0 radical (unpaired) electrons. The number of benzene rings is 1. The van der Waals surface area contributed by atoms with Crippen LogP contribution in [0.2, 0.25) is 5.02 Å². The van der Waals surface area contributed by atoms with Gasteiger partial charge in [0, 0.05) is 11.1 Å². The summed E-state index contributed by atoms with van der Waals surface area (Å²) in [6.45, 7) is 2.13. The highest BCUT2D eigenvalue weighted by molar-refractivity contribution is 7.99. The van der Waals surface area contributed by atoms with E-state index in [0.29, 0.717) is 27.3 Å². The van der Waals surface area contributed by atoms with E-state index in [1.165, 1.54) is 6.42 Å². The van der Waals surface area contributed by atoms with Gasteiger partial charge in [0.1, 0.15) is 5.52 Å². The lowest BCUT2D eigenvalue weighted by Gasteiger charge is -2.29. The minimum atomic E-state index is -0.436. The maximum absolute atomic E-state index is 12.0. The Morgan fingerprint density at radius 3 is 2.96 bits per heavy atom. The number of fused-ring (bicyclic) bond motifs is 1. The van der Waals surface area contributed by atoms with Crippen molar-refractivity contribution in [2.24, 2.45) is 5.92 Å². The zero-order valence-corrected chi connectivity index (χ0v) is 15.5. The molecule has 1 aromatic heterocycles. The molecular weight excluding hydrogens is 362 g/mol. The number of amides is 3. The number of thioether (sulfide) groups is 1. The van der Waals surface area contributed by atoms with Crippen LogP contribution < -0.4 is 10.6 Å². The Morgan fingerprint density at radius 2 is 2.16 bits per heavy atom. The zero-order valence-electron chi connectivity index (χ0n) is 13.9. The fraction of sp³-hybridized carbons (Fsp3) is 0.471. The average molecular weight is 382 g/mol. The molecule has 25 heavy (non-hydrogen) atoms. The molecule has 8 heteroatoms. The second-order valence-electron chi connectivity index (χ2n) is 6.27. The maximum Gasteiger partial charge on any atom is 0.321 e. The van der Waals surface area contributed by atoms with Gasteiger partial charge in [0.15, 0.2) is 5.58 Å². The number of imide groups is 1. The number of hydrogen-bond acceptors (Lipinski definition) is 5. The van der Waals surface area contributed by atoms with E-state index in [4.69, 9.17) is 16.0 Å². The minimum absolute atomic E-state index is 0.0498. The Balaban J connectivity index is 1.47. The number of carbonyl (C=O) groups is 2. The van der Waals surface area contributed by atoms with Gasteiger partial charge < -0.3 is 9.73 Å². The molecule has 2 atom stereocenters. The first kappa shape index (κ1) is 18.1. The van der Waals surface area contributed by atoms with Crippen molar-refractivity contribution >= 4 is 46.4 Å². The molecule has 1 aliphatic rings. The van der Waals surface area contributed by atoms with Crippen LogP contribution in [-0.2, 0) is 4.79 Å². The van der Waals surface area contributed by atoms with Gasteiger partial charge in [-0.2, -0.15) is 0 Å². The lowest BCUT2D eigenvalue weighted by atomic mass is 9.86. The molecule has 1 saturated carbocycles. The first-order valence-electron chi connectivity index (χ1n) is 8.30. The predicted octanol–water partition coefficient (Wildman–Crippen LogP) is 3.98. The number of aromatic nitrogens is 1. The third kappa shape index (κ3) is 4.89. The maximum atomic E-state index is 12.0. The fourth-order valence-electron chi connectivity index (χ4n) is 2.97. The summed E-state index contributed by atoms with van der Waals surface area (Å²) in [5.41, 5.74) is 1.25. The average Bonchev–Trinajstić information content (AvgIpc) is 2.97. The van der Waals surface area contributed by atoms with E-state index < -0.39 is 6.03 Å². The van der Waals surface area contributed by atoms with Crippen LogP contribution in [0.15, 0.2) is 27.8 Å². The van der Waals surface area contributed by atoms with E-state index in [0.717, 1.165) is 31.0 Å². The van der Waals surface area contributed by atoms with E-state index in [-0.39, 0.29) is 17.7 Å². The zero-order chi connectivity index (χ0) is 17.8. The summed E-state index contributed by atoms with van der Waals surface area (Å²) in [6.07, 6.45) is 4.38. The summed E-state index contributed by atoms with van der Waals surface area (Å²) in [5.74, 6) is 0.107. The normalized spacial score (nSPS) is 20.4. The topological polar surface area (TPSA) is 84.2 Å². The molecule has 1 fully saturated rings. The summed E-state index contributed by atoms with van der Waals surface area (Å²) in [5, 5.41) is 6.19. The second kappa shape index (κ2) is 8.10. The molecular formula is C17H20ClN3O3S. The van der Waals surface area contributed by atoms with Crippen LogP contribution in [0, 0.1) is 5.92 Å². The standard InChI is InChI=1S/C17H20ClN3O3S/c1-10-4-2-3-5-12(10)19-16(23)21-15(22)9-25-17-20-13-8-11(18)6-7-14(13)24-17/h6-8,10,12H,2-5,9H2,1H3,(H2,19,21,22,23). The number of halogens is 1. The number of nitrogens with zero attached hydrogens (tertiary/aromatic N) is 1. The molecule has 134 valence electrons. The largest absolute Gasteiger partial charge is 0.431 e. The van der Waals surface area contributed by atoms with Crippen LogP contribution in [0.3, 0.4) is 0 Å². The van der Waals surface area contributed by atoms with Crippen molar-refractivity contribution in [2.45, 2.75) is 43.9 Å². The summed E-state index contributed by atoms with van der Waals surface area (Å²) >= 11 is 7.04. The van der Waals surface area contributed by atoms with Crippen LogP contribution in [0.1, 0.15) is 32.6 Å². The highest BCUT2D eigenvalue weighted by Gasteiger charge is 2.23. The molecule has 2 unspecified atom stereocenters. The Labute approximate surface area is 155 Å². The third-order valence-electron chi connectivity index (χ3n) is 4.34. The van der Waals surface area contributed by atoms with Gasteiger partial charge in [-0.05, 0) is 37.0 Å². The van der Waals surface area contributed by atoms with Crippen molar-refractivity contribution in [2.75, 3.05) is 5.75 Å². The molecule has 0 saturated heterocycles. The van der Waals surface area contributed by atoms with Crippen LogP contribution in [-0.4, -0.2) is 28.7 Å². The van der Waals surface area contributed by atoms with Gasteiger partial charge in [-0.1, -0.05) is 43.1 Å². The molecule has 0 bridgehead atoms. The van der Waals surface area contributed by atoms with Crippen molar-refractivity contribution in [1.29, 1.82) is 0 Å². The van der Waals surface area contributed by atoms with Gasteiger partial charge in [-0.15, -0.1) is 0 Å². The SMILES string of the molecule is CC1CCCCC1NC(=O)NC(=O)CSc1nc2cc(Cl)ccc2o1. The van der Waals surface area contributed by atoms with E-state index >= 15 is 0 Å². The number of hydrogen-bond donors (Lipinski definition) is 2. The van der Waals surface area contributed by atoms with E-state index in [1.54, 1.807) is 18.2 Å². The van der Waals surface area contributed by atoms with Gasteiger partial charge in [-0.25, -0.2) is 9.78 Å². The van der Waals surface area contributed by atoms with Crippen molar-refractivity contribution in [3.05, 3.63) is 23.2 Å². The Kier molecular flexibility index (Phi) is 5.86. The van der Waals surface area contributed by atoms with Crippen LogP contribution in [0.25, 0.3) is 11.1 Å². The van der Waals surface area contributed by atoms with Gasteiger partial charge >= 0.3 is 6.03 Å². The number of rotatable bonds is 4. The smallest absolute Gasteiger partial charge is 0.321 e. The van der Waals surface area contributed by atoms with Crippen molar-refractivity contribution in [3.8, 4) is 0 Å². The molecule has 2 N–H and O–H groups in total. The minimum Gasteiger partial charge on any atom is -0.431 e. The molecule has 1 aromatic carbocycles. The number of nitrogens with one attached hydrogen (secondary N) is 2. The Morgan fingerprint density at radius 1 is 1.36 bits per heavy atom. The van der Waals surface area contributed by atoms with E-state index in [2.05, 4.69) is 22.5 Å². The van der Waals surface area contributed by atoms with Crippen molar-refractivity contribution in [1.82, 2.24) is 15.6 Å². The summed E-state index contributed by atoms with van der Waals surface area (Å²) in [4.78, 5) is 28.1. The fourth-order valence-corrected chi connectivity index (χ4v) is 3.77. The molecule has 1 heterocycles. The lowest BCUT2D eigenvalue weighted by molar-refractivity contribution is -0.117. The number of urea groups is 1. The van der Waals surface area contributed by atoms with Gasteiger partial charge in [0.05, 0.1) is 5.75 Å². The van der Waals surface area contributed by atoms with Crippen molar-refractivity contribution < 1.29 is 14.0 Å².